The van der Waals surface area contributed by atoms with Crippen molar-refractivity contribution in [3.05, 3.63) is 0 Å². The van der Waals surface area contributed by atoms with Crippen LogP contribution in [0.1, 0.15) is 26.7 Å². The largest absolute Gasteiger partial charge is 0.383 e. The van der Waals surface area contributed by atoms with Crippen molar-refractivity contribution in [1.29, 1.82) is 0 Å². The summed E-state index contributed by atoms with van der Waals surface area (Å²) in [5.74, 6) is 1.10. The van der Waals surface area contributed by atoms with Gasteiger partial charge >= 0.3 is 0 Å². The minimum Gasteiger partial charge on any atom is -0.383 e. The second-order valence-corrected chi connectivity index (χ2v) is 6.42. The molecule has 1 aliphatic heterocycles. The lowest BCUT2D eigenvalue weighted by Gasteiger charge is -2.24. The number of carbonyl (C=O) groups is 1. The van der Waals surface area contributed by atoms with Gasteiger partial charge in [0.05, 0.1) is 18.4 Å². The Morgan fingerprint density at radius 2 is 2.11 bits per heavy atom. The van der Waals surface area contributed by atoms with Crippen LogP contribution in [0.4, 0.5) is 0 Å². The first-order chi connectivity index (χ1) is 8.63. The second kappa shape index (κ2) is 8.77. The van der Waals surface area contributed by atoms with Gasteiger partial charge in [0.25, 0.3) is 0 Å². The summed E-state index contributed by atoms with van der Waals surface area (Å²) in [7, 11) is 1.67. The van der Waals surface area contributed by atoms with Crippen molar-refractivity contribution in [2.75, 3.05) is 32.6 Å². The third-order valence-electron chi connectivity index (χ3n) is 3.23. The molecular weight excluding hydrogens is 248 g/mol. The molecule has 106 valence electrons. The van der Waals surface area contributed by atoms with Gasteiger partial charge in [-0.05, 0) is 31.8 Å². The van der Waals surface area contributed by atoms with E-state index in [0.717, 1.165) is 13.1 Å². The molecule has 2 N–H and O–H groups in total. The number of amides is 1. The molecule has 0 aromatic carbocycles. The van der Waals surface area contributed by atoms with E-state index in [1.54, 1.807) is 18.9 Å². The van der Waals surface area contributed by atoms with Crippen LogP contribution in [0.25, 0.3) is 0 Å². The summed E-state index contributed by atoms with van der Waals surface area (Å²) >= 11 is 1.78. The zero-order valence-electron chi connectivity index (χ0n) is 11.7. The maximum Gasteiger partial charge on any atom is 0.230 e. The van der Waals surface area contributed by atoms with Gasteiger partial charge in [-0.15, -0.1) is 11.8 Å². The van der Waals surface area contributed by atoms with Crippen molar-refractivity contribution in [2.24, 2.45) is 5.92 Å². The summed E-state index contributed by atoms with van der Waals surface area (Å²) in [6.07, 6.45) is 2.34. The molecule has 1 aliphatic rings. The number of hydrogen-bond acceptors (Lipinski definition) is 4. The summed E-state index contributed by atoms with van der Waals surface area (Å²) in [4.78, 5) is 11.9. The highest BCUT2D eigenvalue weighted by molar-refractivity contribution is 8.00. The predicted octanol–water partition coefficient (Wildman–Crippen LogP) is 1.26. The monoisotopic (exact) mass is 274 g/mol. The summed E-state index contributed by atoms with van der Waals surface area (Å²) < 4.78 is 5.13. The smallest absolute Gasteiger partial charge is 0.230 e. The van der Waals surface area contributed by atoms with E-state index in [1.807, 2.05) is 0 Å². The quantitative estimate of drug-likeness (QED) is 0.734. The van der Waals surface area contributed by atoms with Crippen molar-refractivity contribution >= 4 is 17.7 Å². The summed E-state index contributed by atoms with van der Waals surface area (Å²) in [6.45, 7) is 6.95. The Kier molecular flexibility index (Phi) is 7.70. The standard InChI is InChI=1S/C13H26N2O2S/c1-10(2)12(8-17-3)15-13(16)9-18-11-4-6-14-7-5-11/h10-12,14H,4-9H2,1-3H3,(H,15,16). The number of carbonyl (C=O) groups excluding carboxylic acids is 1. The van der Waals surface area contributed by atoms with Crippen LogP contribution in [-0.2, 0) is 9.53 Å². The molecule has 1 saturated heterocycles. The summed E-state index contributed by atoms with van der Waals surface area (Å²) in [5, 5.41) is 7.03. The molecule has 1 amide bonds. The minimum atomic E-state index is 0.121. The lowest BCUT2D eigenvalue weighted by Crippen LogP contribution is -2.42. The molecule has 0 bridgehead atoms. The molecule has 0 aliphatic carbocycles. The first kappa shape index (κ1) is 15.8. The highest BCUT2D eigenvalue weighted by Gasteiger charge is 2.18. The van der Waals surface area contributed by atoms with Gasteiger partial charge in [0.2, 0.25) is 5.91 Å². The number of piperidine rings is 1. The topological polar surface area (TPSA) is 50.4 Å². The Labute approximate surface area is 115 Å². The Balaban J connectivity index is 2.22. The first-order valence-electron chi connectivity index (χ1n) is 6.74. The maximum absolute atomic E-state index is 11.9. The molecule has 0 saturated carbocycles. The van der Waals surface area contributed by atoms with E-state index in [1.165, 1.54) is 12.8 Å². The fourth-order valence-corrected chi connectivity index (χ4v) is 3.02. The summed E-state index contributed by atoms with van der Waals surface area (Å²) in [5.41, 5.74) is 0. The average molecular weight is 274 g/mol. The van der Waals surface area contributed by atoms with Gasteiger partial charge in [-0.25, -0.2) is 0 Å². The van der Waals surface area contributed by atoms with Gasteiger partial charge in [0.1, 0.15) is 0 Å². The zero-order chi connectivity index (χ0) is 13.4. The molecule has 0 radical (unpaired) electrons. The minimum absolute atomic E-state index is 0.121. The Morgan fingerprint density at radius 1 is 1.44 bits per heavy atom. The third kappa shape index (κ3) is 6.07. The number of nitrogens with one attached hydrogen (secondary N) is 2. The predicted molar refractivity (Wildman–Crippen MR) is 77.0 cm³/mol. The Hall–Kier alpha value is -0.260. The van der Waals surface area contributed by atoms with Gasteiger partial charge in [0.15, 0.2) is 0 Å². The van der Waals surface area contributed by atoms with E-state index < -0.39 is 0 Å². The van der Waals surface area contributed by atoms with Gasteiger partial charge in [-0.3, -0.25) is 4.79 Å². The molecular formula is C13H26N2O2S. The highest BCUT2D eigenvalue weighted by Crippen LogP contribution is 2.19. The van der Waals surface area contributed by atoms with Crippen LogP contribution in [-0.4, -0.2) is 49.8 Å². The van der Waals surface area contributed by atoms with Crippen LogP contribution >= 0.6 is 11.8 Å². The molecule has 4 nitrogen and oxygen atoms in total. The van der Waals surface area contributed by atoms with Crippen LogP contribution in [0.2, 0.25) is 0 Å². The molecule has 0 spiro atoms. The Bertz CT molecular complexity index is 243. The van der Waals surface area contributed by atoms with Crippen LogP contribution < -0.4 is 10.6 Å². The fraction of sp³-hybridized carbons (Fsp3) is 0.923. The lowest BCUT2D eigenvalue weighted by atomic mass is 10.1. The van der Waals surface area contributed by atoms with Crippen molar-refractivity contribution in [3.8, 4) is 0 Å². The number of rotatable bonds is 7. The van der Waals surface area contributed by atoms with Crippen molar-refractivity contribution < 1.29 is 9.53 Å². The molecule has 1 rings (SSSR count). The molecule has 5 heteroatoms. The van der Waals surface area contributed by atoms with E-state index >= 15 is 0 Å². The Morgan fingerprint density at radius 3 is 2.67 bits per heavy atom. The molecule has 1 unspecified atom stereocenters. The second-order valence-electron chi connectivity index (χ2n) is 5.13. The van der Waals surface area contributed by atoms with Gasteiger partial charge in [-0.2, -0.15) is 0 Å². The highest BCUT2D eigenvalue weighted by atomic mass is 32.2. The number of methoxy groups -OCH3 is 1. The van der Waals surface area contributed by atoms with E-state index in [0.29, 0.717) is 23.5 Å². The molecule has 1 fully saturated rings. The van der Waals surface area contributed by atoms with E-state index in [9.17, 15) is 4.79 Å². The van der Waals surface area contributed by atoms with Crippen molar-refractivity contribution in [2.45, 2.75) is 38.0 Å². The van der Waals surface area contributed by atoms with Crippen molar-refractivity contribution in [3.63, 3.8) is 0 Å². The van der Waals surface area contributed by atoms with Gasteiger partial charge in [-0.1, -0.05) is 13.8 Å². The fourth-order valence-electron chi connectivity index (χ4n) is 1.98. The maximum atomic E-state index is 11.9. The lowest BCUT2D eigenvalue weighted by molar-refractivity contribution is -0.120. The molecule has 18 heavy (non-hydrogen) atoms. The first-order valence-corrected chi connectivity index (χ1v) is 7.79. The number of hydrogen-bond donors (Lipinski definition) is 2. The SMILES string of the molecule is COCC(NC(=O)CSC1CCNCC1)C(C)C. The molecule has 1 atom stereocenters. The van der Waals surface area contributed by atoms with E-state index in [4.69, 9.17) is 4.74 Å². The molecule has 0 aromatic heterocycles. The molecule has 1 heterocycles. The number of ether oxygens (including phenoxy) is 1. The number of thioether (sulfide) groups is 1. The van der Waals surface area contributed by atoms with Gasteiger partial charge in [0, 0.05) is 12.4 Å². The van der Waals surface area contributed by atoms with E-state index in [2.05, 4.69) is 24.5 Å². The summed E-state index contributed by atoms with van der Waals surface area (Å²) in [6, 6.07) is 0.121. The van der Waals surface area contributed by atoms with Crippen LogP contribution in [0.15, 0.2) is 0 Å². The van der Waals surface area contributed by atoms with Crippen LogP contribution in [0.3, 0.4) is 0 Å². The third-order valence-corrected chi connectivity index (χ3v) is 4.61. The van der Waals surface area contributed by atoms with E-state index in [-0.39, 0.29) is 11.9 Å². The average Bonchev–Trinajstić information content (AvgIpc) is 2.37. The van der Waals surface area contributed by atoms with Gasteiger partial charge < -0.3 is 15.4 Å². The van der Waals surface area contributed by atoms with Crippen molar-refractivity contribution in [1.82, 2.24) is 10.6 Å². The van der Waals surface area contributed by atoms with Crippen LogP contribution in [0.5, 0.6) is 0 Å². The molecule has 0 aromatic rings. The normalized spacial score (nSPS) is 18.9. The zero-order valence-corrected chi connectivity index (χ0v) is 12.5. The van der Waals surface area contributed by atoms with Crippen LogP contribution in [0, 0.1) is 5.92 Å².